The summed E-state index contributed by atoms with van der Waals surface area (Å²) in [5.41, 5.74) is 0.945. The molecule has 1 aromatic heterocycles. The number of likely N-dealkylation sites (tertiary alicyclic amines) is 1. The fourth-order valence-electron chi connectivity index (χ4n) is 3.02. The number of aromatic nitrogens is 3. The summed E-state index contributed by atoms with van der Waals surface area (Å²) in [5, 5.41) is 13.8. The van der Waals surface area contributed by atoms with Crippen molar-refractivity contribution < 1.29 is 9.59 Å². The lowest BCUT2D eigenvalue weighted by Crippen LogP contribution is -2.51. The SMILES string of the molecule is CC(=O)N[C@@H]1CCCN(C(=O)NCc2nncn2-c2ccccc2)C1. The molecule has 25 heavy (non-hydrogen) atoms. The smallest absolute Gasteiger partial charge is 0.317 e. The zero-order valence-corrected chi connectivity index (χ0v) is 14.2. The fraction of sp³-hybridized carbons (Fsp3) is 0.412. The number of para-hydroxylation sites is 1. The Morgan fingerprint density at radius 3 is 2.84 bits per heavy atom. The van der Waals surface area contributed by atoms with Crippen molar-refractivity contribution in [3.8, 4) is 5.69 Å². The van der Waals surface area contributed by atoms with E-state index in [0.717, 1.165) is 18.5 Å². The molecular formula is C17H22N6O2. The number of hydrogen-bond acceptors (Lipinski definition) is 4. The summed E-state index contributed by atoms with van der Waals surface area (Å²) < 4.78 is 1.84. The van der Waals surface area contributed by atoms with E-state index >= 15 is 0 Å². The van der Waals surface area contributed by atoms with Gasteiger partial charge in [0.2, 0.25) is 5.91 Å². The Kier molecular flexibility index (Phi) is 5.27. The van der Waals surface area contributed by atoms with Crippen LogP contribution in [0, 0.1) is 0 Å². The minimum atomic E-state index is -0.155. The van der Waals surface area contributed by atoms with Crippen LogP contribution in [0.4, 0.5) is 4.79 Å². The zero-order chi connectivity index (χ0) is 17.6. The van der Waals surface area contributed by atoms with Gasteiger partial charge >= 0.3 is 6.03 Å². The first-order valence-electron chi connectivity index (χ1n) is 8.37. The maximum absolute atomic E-state index is 12.4. The van der Waals surface area contributed by atoms with E-state index in [2.05, 4.69) is 20.8 Å². The van der Waals surface area contributed by atoms with Crippen molar-refractivity contribution in [1.29, 1.82) is 0 Å². The molecule has 8 nitrogen and oxygen atoms in total. The van der Waals surface area contributed by atoms with Crippen molar-refractivity contribution in [1.82, 2.24) is 30.3 Å². The third kappa shape index (κ3) is 4.34. The molecule has 0 saturated carbocycles. The third-order valence-electron chi connectivity index (χ3n) is 4.17. The summed E-state index contributed by atoms with van der Waals surface area (Å²) in [6, 6.07) is 9.59. The van der Waals surface area contributed by atoms with Gasteiger partial charge in [0.15, 0.2) is 5.82 Å². The predicted octanol–water partition coefficient (Wildman–Crippen LogP) is 1.08. The van der Waals surface area contributed by atoms with Crippen molar-refractivity contribution in [2.24, 2.45) is 0 Å². The molecular weight excluding hydrogens is 320 g/mol. The minimum Gasteiger partial charge on any atom is -0.352 e. The molecule has 0 radical (unpaired) electrons. The number of carbonyl (C=O) groups excluding carboxylic acids is 2. The second-order valence-electron chi connectivity index (χ2n) is 6.10. The van der Waals surface area contributed by atoms with Gasteiger partial charge < -0.3 is 15.5 Å². The van der Waals surface area contributed by atoms with Gasteiger partial charge in [-0.1, -0.05) is 18.2 Å². The summed E-state index contributed by atoms with van der Waals surface area (Å²) in [7, 11) is 0. The highest BCUT2D eigenvalue weighted by atomic mass is 16.2. The number of urea groups is 1. The maximum Gasteiger partial charge on any atom is 0.317 e. The van der Waals surface area contributed by atoms with Gasteiger partial charge in [0, 0.05) is 31.7 Å². The molecule has 2 N–H and O–H groups in total. The molecule has 0 unspecified atom stereocenters. The first-order valence-corrected chi connectivity index (χ1v) is 8.37. The van der Waals surface area contributed by atoms with Gasteiger partial charge in [0.05, 0.1) is 6.54 Å². The van der Waals surface area contributed by atoms with Crippen molar-refractivity contribution in [3.63, 3.8) is 0 Å². The second kappa shape index (κ2) is 7.78. The molecule has 3 rings (SSSR count). The lowest BCUT2D eigenvalue weighted by molar-refractivity contribution is -0.119. The summed E-state index contributed by atoms with van der Waals surface area (Å²) in [5.74, 6) is 0.596. The fourth-order valence-corrected chi connectivity index (χ4v) is 3.02. The summed E-state index contributed by atoms with van der Waals surface area (Å²) in [6.07, 6.45) is 3.40. The van der Waals surface area contributed by atoms with E-state index in [0.29, 0.717) is 18.9 Å². The Hall–Kier alpha value is -2.90. The van der Waals surface area contributed by atoms with Crippen LogP contribution < -0.4 is 10.6 Å². The number of benzene rings is 1. The molecule has 1 aromatic carbocycles. The normalized spacial score (nSPS) is 17.2. The molecule has 0 aliphatic carbocycles. The molecule has 0 spiro atoms. The molecule has 3 amide bonds. The van der Waals surface area contributed by atoms with Crippen LogP contribution in [0.25, 0.3) is 5.69 Å². The number of nitrogens with zero attached hydrogens (tertiary/aromatic N) is 4. The number of hydrogen-bond donors (Lipinski definition) is 2. The molecule has 2 heterocycles. The Bertz CT molecular complexity index is 730. The van der Waals surface area contributed by atoms with E-state index in [1.807, 2.05) is 34.9 Å². The van der Waals surface area contributed by atoms with Gasteiger partial charge in [-0.25, -0.2) is 4.79 Å². The van der Waals surface area contributed by atoms with E-state index in [4.69, 9.17) is 0 Å². The highest BCUT2D eigenvalue weighted by molar-refractivity contribution is 5.75. The molecule has 8 heteroatoms. The van der Waals surface area contributed by atoms with E-state index in [9.17, 15) is 9.59 Å². The topological polar surface area (TPSA) is 92.2 Å². The largest absolute Gasteiger partial charge is 0.352 e. The van der Waals surface area contributed by atoms with Gasteiger partial charge in [0.1, 0.15) is 6.33 Å². The molecule has 1 saturated heterocycles. The molecule has 2 aromatic rings. The van der Waals surface area contributed by atoms with Crippen molar-refractivity contribution >= 4 is 11.9 Å². The zero-order valence-electron chi connectivity index (χ0n) is 14.2. The van der Waals surface area contributed by atoms with Crippen LogP contribution in [0.3, 0.4) is 0 Å². The molecule has 1 aliphatic heterocycles. The van der Waals surface area contributed by atoms with Crippen LogP contribution in [-0.4, -0.2) is 50.7 Å². The highest BCUT2D eigenvalue weighted by Crippen LogP contribution is 2.11. The minimum absolute atomic E-state index is 0.0185. The monoisotopic (exact) mass is 342 g/mol. The van der Waals surface area contributed by atoms with Crippen LogP contribution in [0.1, 0.15) is 25.6 Å². The van der Waals surface area contributed by atoms with Gasteiger partial charge in [0.25, 0.3) is 0 Å². The standard InChI is InChI=1S/C17H22N6O2/c1-13(24)20-14-6-5-9-22(11-14)17(25)18-10-16-21-19-12-23(16)15-7-3-2-4-8-15/h2-4,7-8,12,14H,5-6,9-11H2,1H3,(H,18,25)(H,20,24)/t14-/m1/s1. The summed E-state index contributed by atoms with van der Waals surface area (Å²) >= 11 is 0. The third-order valence-corrected chi connectivity index (χ3v) is 4.17. The van der Waals surface area contributed by atoms with E-state index in [-0.39, 0.29) is 24.5 Å². The molecule has 0 bridgehead atoms. The van der Waals surface area contributed by atoms with E-state index in [1.165, 1.54) is 6.92 Å². The van der Waals surface area contributed by atoms with Crippen molar-refractivity contribution in [3.05, 3.63) is 42.5 Å². The van der Waals surface area contributed by atoms with Crippen LogP contribution in [-0.2, 0) is 11.3 Å². The summed E-state index contributed by atoms with van der Waals surface area (Å²) in [4.78, 5) is 25.3. The lowest BCUT2D eigenvalue weighted by atomic mass is 10.1. The van der Waals surface area contributed by atoms with Crippen LogP contribution in [0.2, 0.25) is 0 Å². The van der Waals surface area contributed by atoms with Gasteiger partial charge in [-0.2, -0.15) is 0 Å². The van der Waals surface area contributed by atoms with E-state index < -0.39 is 0 Å². The molecule has 1 atom stereocenters. The Morgan fingerprint density at radius 1 is 1.28 bits per heavy atom. The highest BCUT2D eigenvalue weighted by Gasteiger charge is 2.24. The average molecular weight is 342 g/mol. The van der Waals surface area contributed by atoms with Gasteiger partial charge in [-0.3, -0.25) is 9.36 Å². The Balaban J connectivity index is 1.58. The molecule has 1 fully saturated rings. The van der Waals surface area contributed by atoms with Crippen LogP contribution in [0.15, 0.2) is 36.7 Å². The average Bonchev–Trinajstić information content (AvgIpc) is 3.08. The molecule has 1 aliphatic rings. The van der Waals surface area contributed by atoms with E-state index in [1.54, 1.807) is 11.2 Å². The number of nitrogens with one attached hydrogen (secondary N) is 2. The number of carbonyl (C=O) groups is 2. The Labute approximate surface area is 146 Å². The predicted molar refractivity (Wildman–Crippen MR) is 92.0 cm³/mol. The van der Waals surface area contributed by atoms with Gasteiger partial charge in [-0.15, -0.1) is 10.2 Å². The second-order valence-corrected chi connectivity index (χ2v) is 6.10. The summed E-state index contributed by atoms with van der Waals surface area (Å²) in [6.45, 7) is 2.99. The first kappa shape index (κ1) is 16.9. The quantitative estimate of drug-likeness (QED) is 0.869. The lowest BCUT2D eigenvalue weighted by Gasteiger charge is -2.32. The number of rotatable bonds is 4. The van der Waals surface area contributed by atoms with Crippen LogP contribution >= 0.6 is 0 Å². The number of amides is 3. The number of piperidine rings is 1. The Morgan fingerprint density at radius 2 is 2.08 bits per heavy atom. The van der Waals surface area contributed by atoms with Crippen molar-refractivity contribution in [2.45, 2.75) is 32.4 Å². The molecule has 132 valence electrons. The maximum atomic E-state index is 12.4. The van der Waals surface area contributed by atoms with Crippen LogP contribution in [0.5, 0.6) is 0 Å². The van der Waals surface area contributed by atoms with Crippen molar-refractivity contribution in [2.75, 3.05) is 13.1 Å². The first-order chi connectivity index (χ1) is 12.1. The van der Waals surface area contributed by atoms with Gasteiger partial charge in [-0.05, 0) is 25.0 Å².